The minimum absolute atomic E-state index is 0.341. The molecule has 0 radical (unpaired) electrons. The van der Waals surface area contributed by atoms with Gasteiger partial charge in [0.05, 0.1) is 0 Å². The van der Waals surface area contributed by atoms with Crippen LogP contribution in [0.15, 0.2) is 24.3 Å². The molecule has 2 atom stereocenters. The number of phenols is 1. The van der Waals surface area contributed by atoms with Gasteiger partial charge in [0.2, 0.25) is 0 Å². The summed E-state index contributed by atoms with van der Waals surface area (Å²) < 4.78 is 0. The second-order valence-electron chi connectivity index (χ2n) is 5.08. The molecule has 1 saturated carbocycles. The molecule has 1 aromatic rings. The molecule has 2 N–H and O–H groups in total. The predicted molar refractivity (Wildman–Crippen MR) is 66.3 cm³/mol. The van der Waals surface area contributed by atoms with Gasteiger partial charge in [-0.25, -0.2) is 0 Å². The minimum atomic E-state index is 0.341. The van der Waals surface area contributed by atoms with Crippen LogP contribution in [-0.2, 0) is 6.54 Å². The summed E-state index contributed by atoms with van der Waals surface area (Å²) in [6.07, 6.45) is 4.15. The van der Waals surface area contributed by atoms with Crippen LogP contribution in [-0.4, -0.2) is 11.7 Å². The van der Waals surface area contributed by atoms with Crippen LogP contribution in [0, 0.1) is 11.8 Å². The SMILES string of the molecule is CC1CCC(CNCc2ccc(O)cc2)C1. The summed E-state index contributed by atoms with van der Waals surface area (Å²) in [4.78, 5) is 0. The summed E-state index contributed by atoms with van der Waals surface area (Å²) in [6, 6.07) is 7.43. The van der Waals surface area contributed by atoms with E-state index in [9.17, 15) is 0 Å². The molecule has 0 heterocycles. The van der Waals surface area contributed by atoms with E-state index in [1.807, 2.05) is 12.1 Å². The highest BCUT2D eigenvalue weighted by Crippen LogP contribution is 2.29. The summed E-state index contributed by atoms with van der Waals surface area (Å²) in [7, 11) is 0. The van der Waals surface area contributed by atoms with Crippen molar-refractivity contribution in [1.29, 1.82) is 0 Å². The molecule has 88 valence electrons. The zero-order chi connectivity index (χ0) is 11.4. The Morgan fingerprint density at radius 2 is 2.00 bits per heavy atom. The first-order chi connectivity index (χ1) is 7.74. The fourth-order valence-corrected chi connectivity index (χ4v) is 2.54. The Balaban J connectivity index is 1.70. The number of phenolic OH excluding ortho intramolecular Hbond substituents is 1. The van der Waals surface area contributed by atoms with E-state index in [0.717, 1.165) is 24.9 Å². The molecule has 16 heavy (non-hydrogen) atoms. The predicted octanol–water partition coefficient (Wildman–Crippen LogP) is 2.92. The zero-order valence-corrected chi connectivity index (χ0v) is 9.95. The lowest BCUT2D eigenvalue weighted by atomic mass is 10.1. The Labute approximate surface area is 97.7 Å². The standard InChI is InChI=1S/C14H21NO/c1-11-2-3-13(8-11)10-15-9-12-4-6-14(16)7-5-12/h4-7,11,13,15-16H,2-3,8-10H2,1H3. The number of rotatable bonds is 4. The highest BCUT2D eigenvalue weighted by molar-refractivity contribution is 5.25. The van der Waals surface area contributed by atoms with E-state index in [2.05, 4.69) is 12.2 Å². The molecule has 2 heteroatoms. The van der Waals surface area contributed by atoms with E-state index in [0.29, 0.717) is 5.75 Å². The number of aromatic hydroxyl groups is 1. The smallest absolute Gasteiger partial charge is 0.115 e. The molecule has 0 aliphatic heterocycles. The largest absolute Gasteiger partial charge is 0.508 e. The van der Waals surface area contributed by atoms with Crippen LogP contribution in [0.1, 0.15) is 31.7 Å². The Hall–Kier alpha value is -1.02. The molecule has 0 saturated heterocycles. The van der Waals surface area contributed by atoms with Crippen molar-refractivity contribution in [2.45, 2.75) is 32.7 Å². The van der Waals surface area contributed by atoms with Crippen LogP contribution in [0.25, 0.3) is 0 Å². The molecule has 1 aromatic carbocycles. The normalized spacial score (nSPS) is 24.8. The molecular weight excluding hydrogens is 198 g/mol. The summed E-state index contributed by atoms with van der Waals surface area (Å²) in [5.74, 6) is 2.13. The van der Waals surface area contributed by atoms with Gasteiger partial charge in [-0.2, -0.15) is 0 Å². The molecule has 0 aromatic heterocycles. The van der Waals surface area contributed by atoms with Crippen LogP contribution in [0.2, 0.25) is 0 Å². The van der Waals surface area contributed by atoms with E-state index >= 15 is 0 Å². The lowest BCUT2D eigenvalue weighted by Gasteiger charge is -2.11. The highest BCUT2D eigenvalue weighted by Gasteiger charge is 2.20. The second-order valence-corrected chi connectivity index (χ2v) is 5.08. The monoisotopic (exact) mass is 219 g/mol. The van der Waals surface area contributed by atoms with Crippen molar-refractivity contribution in [1.82, 2.24) is 5.32 Å². The topological polar surface area (TPSA) is 32.3 Å². The summed E-state index contributed by atoms with van der Waals surface area (Å²) in [5, 5.41) is 12.7. The summed E-state index contributed by atoms with van der Waals surface area (Å²) in [5.41, 5.74) is 1.24. The van der Waals surface area contributed by atoms with Crippen molar-refractivity contribution in [2.75, 3.05) is 6.54 Å². The van der Waals surface area contributed by atoms with Gasteiger partial charge in [0, 0.05) is 6.54 Å². The van der Waals surface area contributed by atoms with Gasteiger partial charge in [-0.15, -0.1) is 0 Å². The fraction of sp³-hybridized carbons (Fsp3) is 0.571. The lowest BCUT2D eigenvalue weighted by Crippen LogP contribution is -2.20. The van der Waals surface area contributed by atoms with Gasteiger partial charge < -0.3 is 10.4 Å². The van der Waals surface area contributed by atoms with Crippen LogP contribution >= 0.6 is 0 Å². The molecule has 1 fully saturated rings. The van der Waals surface area contributed by atoms with Crippen molar-refractivity contribution < 1.29 is 5.11 Å². The highest BCUT2D eigenvalue weighted by atomic mass is 16.3. The molecule has 0 spiro atoms. The van der Waals surface area contributed by atoms with Crippen molar-refractivity contribution in [3.05, 3.63) is 29.8 Å². The van der Waals surface area contributed by atoms with Gasteiger partial charge in [0.25, 0.3) is 0 Å². The molecule has 0 amide bonds. The second kappa shape index (κ2) is 5.35. The van der Waals surface area contributed by atoms with Crippen molar-refractivity contribution in [3.8, 4) is 5.75 Å². The number of hydrogen-bond donors (Lipinski definition) is 2. The molecule has 2 rings (SSSR count). The van der Waals surface area contributed by atoms with E-state index in [-0.39, 0.29) is 0 Å². The Morgan fingerprint density at radius 3 is 2.62 bits per heavy atom. The van der Waals surface area contributed by atoms with Crippen LogP contribution in [0.5, 0.6) is 5.75 Å². The van der Waals surface area contributed by atoms with Crippen molar-refractivity contribution in [3.63, 3.8) is 0 Å². The Bertz CT molecular complexity index is 320. The molecular formula is C14H21NO. The van der Waals surface area contributed by atoms with Crippen LogP contribution in [0.4, 0.5) is 0 Å². The first-order valence-corrected chi connectivity index (χ1v) is 6.22. The van der Waals surface area contributed by atoms with Gasteiger partial charge in [0.15, 0.2) is 0 Å². The Morgan fingerprint density at radius 1 is 1.25 bits per heavy atom. The number of nitrogens with one attached hydrogen (secondary N) is 1. The van der Waals surface area contributed by atoms with Gasteiger partial charge in [0.1, 0.15) is 5.75 Å². The molecule has 1 aliphatic carbocycles. The molecule has 2 unspecified atom stereocenters. The minimum Gasteiger partial charge on any atom is -0.508 e. The van der Waals surface area contributed by atoms with Crippen molar-refractivity contribution in [2.24, 2.45) is 11.8 Å². The fourth-order valence-electron chi connectivity index (χ4n) is 2.54. The Kier molecular flexibility index (Phi) is 3.83. The number of benzene rings is 1. The van der Waals surface area contributed by atoms with E-state index in [1.165, 1.54) is 24.8 Å². The molecule has 0 bridgehead atoms. The quantitative estimate of drug-likeness (QED) is 0.816. The average Bonchev–Trinajstić information content (AvgIpc) is 2.67. The van der Waals surface area contributed by atoms with Crippen LogP contribution < -0.4 is 5.32 Å². The zero-order valence-electron chi connectivity index (χ0n) is 9.95. The molecule has 1 aliphatic rings. The number of hydrogen-bond acceptors (Lipinski definition) is 2. The third kappa shape index (κ3) is 3.24. The summed E-state index contributed by atoms with van der Waals surface area (Å²) in [6.45, 7) is 4.39. The first-order valence-electron chi connectivity index (χ1n) is 6.22. The first kappa shape index (κ1) is 11.5. The van der Waals surface area contributed by atoms with Gasteiger partial charge in [-0.1, -0.05) is 25.5 Å². The van der Waals surface area contributed by atoms with E-state index in [4.69, 9.17) is 5.11 Å². The van der Waals surface area contributed by atoms with Crippen LogP contribution in [0.3, 0.4) is 0 Å². The third-order valence-electron chi connectivity index (χ3n) is 3.50. The third-order valence-corrected chi connectivity index (χ3v) is 3.50. The maximum Gasteiger partial charge on any atom is 0.115 e. The van der Waals surface area contributed by atoms with E-state index in [1.54, 1.807) is 12.1 Å². The van der Waals surface area contributed by atoms with Gasteiger partial charge in [-0.05, 0) is 48.9 Å². The maximum atomic E-state index is 9.16. The van der Waals surface area contributed by atoms with E-state index < -0.39 is 0 Å². The molecule has 2 nitrogen and oxygen atoms in total. The summed E-state index contributed by atoms with van der Waals surface area (Å²) >= 11 is 0. The average molecular weight is 219 g/mol. The maximum absolute atomic E-state index is 9.16. The van der Waals surface area contributed by atoms with Crippen molar-refractivity contribution >= 4 is 0 Å². The van der Waals surface area contributed by atoms with Gasteiger partial charge >= 0.3 is 0 Å². The lowest BCUT2D eigenvalue weighted by molar-refractivity contribution is 0.468. The van der Waals surface area contributed by atoms with Gasteiger partial charge in [-0.3, -0.25) is 0 Å².